The quantitative estimate of drug-likeness (QED) is 0.884. The van der Waals surface area contributed by atoms with Crippen LogP contribution in [-0.2, 0) is 10.0 Å². The fourth-order valence-corrected chi connectivity index (χ4v) is 2.14. The van der Waals surface area contributed by atoms with Crippen LogP contribution < -0.4 is 10.0 Å². The van der Waals surface area contributed by atoms with Crippen LogP contribution in [0.15, 0.2) is 42.6 Å². The van der Waals surface area contributed by atoms with Gasteiger partial charge in [0.2, 0.25) is 10.0 Å². The Morgan fingerprint density at radius 2 is 1.81 bits per heavy atom. The minimum absolute atomic E-state index is 0.0000766. The monoisotopic (exact) mass is 302 g/mol. The zero-order valence-electron chi connectivity index (χ0n) is 11.4. The van der Waals surface area contributed by atoms with Gasteiger partial charge in [0.25, 0.3) is 0 Å². The minimum atomic E-state index is -3.32. The van der Waals surface area contributed by atoms with E-state index >= 15 is 0 Å². The normalized spacial score (nSPS) is 10.7. The van der Waals surface area contributed by atoms with E-state index in [-0.39, 0.29) is 11.6 Å². The minimum Gasteiger partial charge on any atom is -0.354 e. The fourth-order valence-electron chi connectivity index (χ4n) is 1.55. The van der Waals surface area contributed by atoms with Gasteiger partial charge >= 0.3 is 0 Å². The predicted octanol–water partition coefficient (Wildman–Crippen LogP) is 2.46. The zero-order chi connectivity index (χ0) is 15.3. The van der Waals surface area contributed by atoms with Crippen molar-refractivity contribution in [3.63, 3.8) is 0 Å². The third kappa shape index (κ3) is 4.19. The summed E-state index contributed by atoms with van der Waals surface area (Å²) in [4.78, 5) is 4.04. The first kappa shape index (κ1) is 14.8. The van der Waals surface area contributed by atoms with Crippen molar-refractivity contribution in [1.82, 2.24) is 4.98 Å². The van der Waals surface area contributed by atoms with Gasteiger partial charge in [0.05, 0.1) is 29.3 Å². The van der Waals surface area contributed by atoms with Gasteiger partial charge in [-0.15, -0.1) is 0 Å². The zero-order valence-corrected chi connectivity index (χ0v) is 12.2. The largest absolute Gasteiger partial charge is 0.354 e. The Kier molecular flexibility index (Phi) is 4.40. The van der Waals surface area contributed by atoms with Gasteiger partial charge < -0.3 is 5.32 Å². The van der Waals surface area contributed by atoms with Crippen LogP contribution in [0.5, 0.6) is 0 Å². The first-order valence-corrected chi connectivity index (χ1v) is 7.91. The molecule has 108 valence electrons. The lowest BCUT2D eigenvalue weighted by Crippen LogP contribution is -2.15. The van der Waals surface area contributed by atoms with E-state index in [1.165, 1.54) is 6.20 Å². The summed E-state index contributed by atoms with van der Waals surface area (Å²) in [6.07, 6.45) is 1.53. The van der Waals surface area contributed by atoms with Crippen molar-refractivity contribution >= 4 is 27.2 Å². The van der Waals surface area contributed by atoms with E-state index in [1.54, 1.807) is 43.3 Å². The van der Waals surface area contributed by atoms with E-state index in [1.807, 2.05) is 6.07 Å². The second-order valence-electron chi connectivity index (χ2n) is 4.25. The van der Waals surface area contributed by atoms with Crippen LogP contribution in [0.1, 0.15) is 12.5 Å². The standard InChI is InChI=1S/C14H14N4O2S/c1-2-21(19,20)18-14-8-7-13(10-16-14)17-12-5-3-11(9-15)4-6-12/h3-8,10,17H,2H2,1H3,(H,16,18). The van der Waals surface area contributed by atoms with Crippen LogP contribution in [0.25, 0.3) is 0 Å². The molecule has 0 saturated carbocycles. The smallest absolute Gasteiger partial charge is 0.233 e. The molecular weight excluding hydrogens is 288 g/mol. The molecule has 0 amide bonds. The molecule has 0 radical (unpaired) electrons. The number of anilines is 3. The summed E-state index contributed by atoms with van der Waals surface area (Å²) in [6, 6.07) is 12.3. The summed E-state index contributed by atoms with van der Waals surface area (Å²) >= 11 is 0. The van der Waals surface area contributed by atoms with Crippen molar-refractivity contribution in [3.05, 3.63) is 48.2 Å². The summed E-state index contributed by atoms with van der Waals surface area (Å²) in [6.45, 7) is 1.56. The molecule has 0 aliphatic rings. The molecule has 21 heavy (non-hydrogen) atoms. The van der Waals surface area contributed by atoms with Gasteiger partial charge in [0.1, 0.15) is 5.82 Å². The average Bonchev–Trinajstić information content (AvgIpc) is 2.50. The van der Waals surface area contributed by atoms with Gasteiger partial charge in [-0.3, -0.25) is 4.72 Å². The van der Waals surface area contributed by atoms with Crippen LogP contribution in [0.2, 0.25) is 0 Å². The Bertz CT molecular complexity index is 747. The third-order valence-corrected chi connectivity index (χ3v) is 3.99. The van der Waals surface area contributed by atoms with Crippen LogP contribution in [-0.4, -0.2) is 19.2 Å². The summed E-state index contributed by atoms with van der Waals surface area (Å²) in [5.74, 6) is 0.280. The van der Waals surface area contributed by atoms with Crippen LogP contribution in [0, 0.1) is 11.3 Å². The van der Waals surface area contributed by atoms with E-state index < -0.39 is 10.0 Å². The lowest BCUT2D eigenvalue weighted by atomic mass is 10.2. The van der Waals surface area contributed by atoms with Crippen molar-refractivity contribution in [3.8, 4) is 6.07 Å². The van der Waals surface area contributed by atoms with Crippen molar-refractivity contribution < 1.29 is 8.42 Å². The summed E-state index contributed by atoms with van der Waals surface area (Å²) in [5, 5.41) is 11.8. The third-order valence-electron chi connectivity index (χ3n) is 2.71. The van der Waals surface area contributed by atoms with E-state index in [9.17, 15) is 8.42 Å². The van der Waals surface area contributed by atoms with Crippen LogP contribution in [0.3, 0.4) is 0 Å². The lowest BCUT2D eigenvalue weighted by Gasteiger charge is -2.08. The molecule has 0 aliphatic heterocycles. The second-order valence-corrected chi connectivity index (χ2v) is 6.26. The SMILES string of the molecule is CCS(=O)(=O)Nc1ccc(Nc2ccc(C#N)cc2)cn1. The first-order chi connectivity index (χ1) is 10.0. The van der Waals surface area contributed by atoms with E-state index in [0.717, 1.165) is 11.4 Å². The fraction of sp³-hybridized carbons (Fsp3) is 0.143. The maximum atomic E-state index is 11.4. The molecule has 0 atom stereocenters. The van der Waals surface area contributed by atoms with Crippen LogP contribution in [0.4, 0.5) is 17.2 Å². The number of nitrogens with one attached hydrogen (secondary N) is 2. The Morgan fingerprint density at radius 3 is 2.33 bits per heavy atom. The Hall–Kier alpha value is -2.59. The molecule has 1 aromatic carbocycles. The molecule has 0 spiro atoms. The number of pyridine rings is 1. The Morgan fingerprint density at radius 1 is 1.14 bits per heavy atom. The number of nitriles is 1. The summed E-state index contributed by atoms with van der Waals surface area (Å²) < 4.78 is 25.2. The molecule has 0 unspecified atom stereocenters. The highest BCUT2D eigenvalue weighted by Gasteiger charge is 2.07. The maximum absolute atomic E-state index is 11.4. The maximum Gasteiger partial charge on any atom is 0.233 e. The number of nitrogens with zero attached hydrogens (tertiary/aromatic N) is 2. The van der Waals surface area contributed by atoms with Crippen molar-refractivity contribution in [2.75, 3.05) is 15.8 Å². The van der Waals surface area contributed by atoms with Crippen LogP contribution >= 0.6 is 0 Å². The molecule has 7 heteroatoms. The highest BCUT2D eigenvalue weighted by molar-refractivity contribution is 7.92. The molecule has 0 saturated heterocycles. The highest BCUT2D eigenvalue weighted by Crippen LogP contribution is 2.17. The number of benzene rings is 1. The lowest BCUT2D eigenvalue weighted by molar-refractivity contribution is 0.602. The molecule has 2 rings (SSSR count). The molecule has 2 aromatic rings. The number of rotatable bonds is 5. The molecule has 1 heterocycles. The van der Waals surface area contributed by atoms with Gasteiger partial charge in [-0.25, -0.2) is 13.4 Å². The molecule has 0 bridgehead atoms. The Balaban J connectivity index is 2.07. The average molecular weight is 302 g/mol. The summed E-state index contributed by atoms with van der Waals surface area (Å²) in [7, 11) is -3.32. The molecule has 1 aromatic heterocycles. The number of hydrogen-bond acceptors (Lipinski definition) is 5. The van der Waals surface area contributed by atoms with Crippen molar-refractivity contribution in [1.29, 1.82) is 5.26 Å². The van der Waals surface area contributed by atoms with Gasteiger partial charge in [-0.1, -0.05) is 0 Å². The molecule has 2 N–H and O–H groups in total. The second kappa shape index (κ2) is 6.24. The number of aromatic nitrogens is 1. The first-order valence-electron chi connectivity index (χ1n) is 6.26. The van der Waals surface area contributed by atoms with E-state index in [0.29, 0.717) is 5.56 Å². The predicted molar refractivity (Wildman–Crippen MR) is 81.8 cm³/mol. The van der Waals surface area contributed by atoms with E-state index in [2.05, 4.69) is 15.0 Å². The van der Waals surface area contributed by atoms with Gasteiger partial charge in [-0.2, -0.15) is 5.26 Å². The Labute approximate surface area is 123 Å². The topological polar surface area (TPSA) is 94.9 Å². The highest BCUT2D eigenvalue weighted by atomic mass is 32.2. The van der Waals surface area contributed by atoms with Crippen molar-refractivity contribution in [2.24, 2.45) is 0 Å². The number of sulfonamides is 1. The molecule has 6 nitrogen and oxygen atoms in total. The number of hydrogen-bond donors (Lipinski definition) is 2. The van der Waals surface area contributed by atoms with Crippen molar-refractivity contribution in [2.45, 2.75) is 6.92 Å². The molecule has 0 aliphatic carbocycles. The van der Waals surface area contributed by atoms with Gasteiger partial charge in [-0.05, 0) is 43.3 Å². The van der Waals surface area contributed by atoms with Gasteiger partial charge in [0, 0.05) is 5.69 Å². The van der Waals surface area contributed by atoms with E-state index in [4.69, 9.17) is 5.26 Å². The summed E-state index contributed by atoms with van der Waals surface area (Å²) in [5.41, 5.74) is 2.12. The van der Waals surface area contributed by atoms with Gasteiger partial charge in [0.15, 0.2) is 0 Å². The molecular formula is C14H14N4O2S. The molecule has 0 fully saturated rings.